The normalized spacial score (nSPS) is 12.2. The van der Waals surface area contributed by atoms with Gasteiger partial charge in [0.1, 0.15) is 11.6 Å². The van der Waals surface area contributed by atoms with Crippen LogP contribution in [0.25, 0.3) is 0 Å². The molecule has 2 rings (SSSR count). The van der Waals surface area contributed by atoms with Gasteiger partial charge < -0.3 is 5.32 Å². The summed E-state index contributed by atoms with van der Waals surface area (Å²) in [4.78, 5) is 0. The van der Waals surface area contributed by atoms with E-state index in [0.717, 1.165) is 12.0 Å². The second kappa shape index (κ2) is 5.83. The van der Waals surface area contributed by atoms with Crippen LogP contribution in [0.2, 0.25) is 0 Å². The Balaban J connectivity index is 2.26. The van der Waals surface area contributed by atoms with E-state index in [4.69, 9.17) is 0 Å². The van der Waals surface area contributed by atoms with Gasteiger partial charge in [-0.05, 0) is 43.2 Å². The van der Waals surface area contributed by atoms with Gasteiger partial charge in [0.2, 0.25) is 0 Å². The van der Waals surface area contributed by atoms with Crippen LogP contribution in [0, 0.1) is 18.6 Å². The molecule has 0 saturated carbocycles. The third-order valence-electron chi connectivity index (χ3n) is 3.07. The molecule has 0 fully saturated rings. The van der Waals surface area contributed by atoms with E-state index in [2.05, 4.69) is 5.32 Å². The van der Waals surface area contributed by atoms with Gasteiger partial charge in [-0.15, -0.1) is 0 Å². The highest BCUT2D eigenvalue weighted by molar-refractivity contribution is 5.48. The van der Waals surface area contributed by atoms with E-state index in [1.807, 2.05) is 19.9 Å². The van der Waals surface area contributed by atoms with Gasteiger partial charge in [-0.1, -0.05) is 25.1 Å². The maximum Gasteiger partial charge on any atom is 0.128 e. The van der Waals surface area contributed by atoms with Crippen LogP contribution in [0.15, 0.2) is 42.5 Å². The molecule has 0 saturated heterocycles. The van der Waals surface area contributed by atoms with Crippen LogP contribution in [0.4, 0.5) is 14.5 Å². The Bertz CT molecular complexity index is 546. The van der Waals surface area contributed by atoms with E-state index in [9.17, 15) is 8.78 Å². The molecule has 0 aliphatic carbocycles. The summed E-state index contributed by atoms with van der Waals surface area (Å²) in [6.45, 7) is 3.80. The van der Waals surface area contributed by atoms with Crippen molar-refractivity contribution in [1.82, 2.24) is 0 Å². The number of aryl methyl sites for hydroxylation is 1. The zero-order chi connectivity index (χ0) is 13.8. The first-order valence-electron chi connectivity index (χ1n) is 6.38. The zero-order valence-corrected chi connectivity index (χ0v) is 11.1. The van der Waals surface area contributed by atoms with E-state index in [1.54, 1.807) is 18.2 Å². The average molecular weight is 261 g/mol. The Morgan fingerprint density at radius 2 is 1.84 bits per heavy atom. The molecule has 0 aromatic heterocycles. The van der Waals surface area contributed by atoms with Crippen molar-refractivity contribution in [1.29, 1.82) is 0 Å². The standard InChI is InChI=1S/C16H17F2N/c1-3-16(14-6-4-5-7-15(14)18)19-13-9-11(2)8-12(17)10-13/h4-10,16,19H,3H2,1-2H3. The van der Waals surface area contributed by atoms with Crippen LogP contribution >= 0.6 is 0 Å². The number of hydrogen-bond donors (Lipinski definition) is 1. The van der Waals surface area contributed by atoms with Gasteiger partial charge in [-0.3, -0.25) is 0 Å². The van der Waals surface area contributed by atoms with Gasteiger partial charge in [0.05, 0.1) is 6.04 Å². The predicted molar refractivity (Wildman–Crippen MR) is 74.2 cm³/mol. The van der Waals surface area contributed by atoms with Crippen LogP contribution in [-0.4, -0.2) is 0 Å². The molecular weight excluding hydrogens is 244 g/mol. The van der Waals surface area contributed by atoms with Crippen LogP contribution in [0.5, 0.6) is 0 Å². The fourth-order valence-corrected chi connectivity index (χ4v) is 2.18. The first-order valence-corrected chi connectivity index (χ1v) is 6.38. The lowest BCUT2D eigenvalue weighted by atomic mass is 10.0. The summed E-state index contributed by atoms with van der Waals surface area (Å²) in [5, 5.41) is 3.19. The van der Waals surface area contributed by atoms with Crippen molar-refractivity contribution in [2.24, 2.45) is 0 Å². The summed E-state index contributed by atoms with van der Waals surface area (Å²) in [5.41, 5.74) is 2.12. The number of anilines is 1. The van der Waals surface area contributed by atoms with Crippen LogP contribution in [-0.2, 0) is 0 Å². The number of nitrogens with one attached hydrogen (secondary N) is 1. The Kier molecular flexibility index (Phi) is 4.15. The molecule has 1 nitrogen and oxygen atoms in total. The number of halogens is 2. The van der Waals surface area contributed by atoms with Crippen LogP contribution in [0.1, 0.15) is 30.5 Å². The third kappa shape index (κ3) is 3.31. The smallest absolute Gasteiger partial charge is 0.128 e. The summed E-state index contributed by atoms with van der Waals surface area (Å²) in [5.74, 6) is -0.527. The molecule has 0 aliphatic heterocycles. The maximum absolute atomic E-state index is 13.8. The van der Waals surface area contributed by atoms with E-state index < -0.39 is 0 Å². The van der Waals surface area contributed by atoms with Gasteiger partial charge in [-0.2, -0.15) is 0 Å². The summed E-state index contributed by atoms with van der Waals surface area (Å²) in [6, 6.07) is 11.2. The predicted octanol–water partition coefficient (Wildman–Crippen LogP) is 4.84. The molecule has 0 heterocycles. The summed E-state index contributed by atoms with van der Waals surface area (Å²) < 4.78 is 27.1. The van der Waals surface area contributed by atoms with Crippen molar-refractivity contribution in [2.45, 2.75) is 26.3 Å². The lowest BCUT2D eigenvalue weighted by Gasteiger charge is -2.19. The van der Waals surface area contributed by atoms with Gasteiger partial charge >= 0.3 is 0 Å². The zero-order valence-electron chi connectivity index (χ0n) is 11.1. The minimum absolute atomic E-state index is 0.164. The van der Waals surface area contributed by atoms with E-state index in [0.29, 0.717) is 11.3 Å². The second-order valence-electron chi connectivity index (χ2n) is 4.64. The molecule has 0 radical (unpaired) electrons. The molecule has 1 atom stereocenters. The van der Waals surface area contributed by atoms with E-state index in [1.165, 1.54) is 18.2 Å². The van der Waals surface area contributed by atoms with Crippen molar-refractivity contribution in [3.63, 3.8) is 0 Å². The highest BCUT2D eigenvalue weighted by Gasteiger charge is 2.13. The molecular formula is C16H17F2N. The summed E-state index contributed by atoms with van der Waals surface area (Å²) >= 11 is 0. The molecule has 1 N–H and O–H groups in total. The van der Waals surface area contributed by atoms with Crippen LogP contribution in [0.3, 0.4) is 0 Å². The largest absolute Gasteiger partial charge is 0.378 e. The molecule has 0 bridgehead atoms. The Labute approximate surface area is 112 Å². The van der Waals surface area contributed by atoms with Gasteiger partial charge in [-0.25, -0.2) is 8.78 Å². The Morgan fingerprint density at radius 1 is 1.11 bits per heavy atom. The summed E-state index contributed by atoms with van der Waals surface area (Å²) in [6.07, 6.45) is 0.719. The molecule has 100 valence electrons. The molecule has 1 unspecified atom stereocenters. The van der Waals surface area contributed by atoms with Crippen molar-refractivity contribution in [3.8, 4) is 0 Å². The van der Waals surface area contributed by atoms with Crippen molar-refractivity contribution in [2.75, 3.05) is 5.32 Å². The first-order chi connectivity index (χ1) is 9.10. The van der Waals surface area contributed by atoms with Crippen molar-refractivity contribution < 1.29 is 8.78 Å². The molecule has 0 aliphatic rings. The number of hydrogen-bond acceptors (Lipinski definition) is 1. The van der Waals surface area contributed by atoms with E-state index >= 15 is 0 Å². The average Bonchev–Trinajstić information content (AvgIpc) is 2.36. The minimum atomic E-state index is -0.286. The fourth-order valence-electron chi connectivity index (χ4n) is 2.18. The molecule has 0 amide bonds. The fraction of sp³-hybridized carbons (Fsp3) is 0.250. The second-order valence-corrected chi connectivity index (χ2v) is 4.64. The van der Waals surface area contributed by atoms with Crippen molar-refractivity contribution in [3.05, 3.63) is 65.2 Å². The first kappa shape index (κ1) is 13.5. The SMILES string of the molecule is CCC(Nc1cc(C)cc(F)c1)c1ccccc1F. The molecule has 2 aromatic rings. The van der Waals surface area contributed by atoms with Gasteiger partial charge in [0.15, 0.2) is 0 Å². The molecule has 19 heavy (non-hydrogen) atoms. The molecule has 0 spiro atoms. The minimum Gasteiger partial charge on any atom is -0.378 e. The molecule has 2 aromatic carbocycles. The van der Waals surface area contributed by atoms with Gasteiger partial charge in [0.25, 0.3) is 0 Å². The van der Waals surface area contributed by atoms with Crippen LogP contribution < -0.4 is 5.32 Å². The maximum atomic E-state index is 13.8. The van der Waals surface area contributed by atoms with Gasteiger partial charge in [0, 0.05) is 11.3 Å². The number of rotatable bonds is 4. The Hall–Kier alpha value is -1.90. The van der Waals surface area contributed by atoms with E-state index in [-0.39, 0.29) is 17.7 Å². The quantitative estimate of drug-likeness (QED) is 0.830. The lowest BCUT2D eigenvalue weighted by molar-refractivity contribution is 0.587. The monoisotopic (exact) mass is 261 g/mol. The number of benzene rings is 2. The topological polar surface area (TPSA) is 12.0 Å². The highest BCUT2D eigenvalue weighted by Crippen LogP contribution is 2.25. The molecule has 3 heteroatoms. The Morgan fingerprint density at radius 3 is 2.47 bits per heavy atom. The third-order valence-corrected chi connectivity index (χ3v) is 3.07. The summed E-state index contributed by atoms with van der Waals surface area (Å²) in [7, 11) is 0. The highest BCUT2D eigenvalue weighted by atomic mass is 19.1. The lowest BCUT2D eigenvalue weighted by Crippen LogP contribution is -2.11. The van der Waals surface area contributed by atoms with Crippen molar-refractivity contribution >= 4 is 5.69 Å².